The maximum Gasteiger partial charge on any atom is 0.119 e. The summed E-state index contributed by atoms with van der Waals surface area (Å²) < 4.78 is 5.32. The number of fused-ring (bicyclic) bond motifs is 1. The van der Waals surface area contributed by atoms with Crippen LogP contribution in [-0.4, -0.2) is 12.1 Å². The summed E-state index contributed by atoms with van der Waals surface area (Å²) in [6.45, 7) is 4.43. The Labute approximate surface area is 96.3 Å². The third-order valence-electron chi connectivity index (χ3n) is 2.62. The van der Waals surface area contributed by atoms with Gasteiger partial charge in [0.25, 0.3) is 0 Å². The topological polar surface area (TPSA) is 22.1 Å². The predicted molar refractivity (Wildman–Crippen MR) is 66.8 cm³/mol. The van der Waals surface area contributed by atoms with Crippen molar-refractivity contribution in [1.82, 2.24) is 4.98 Å². The Kier molecular flexibility index (Phi) is 3.09. The number of hydrogen-bond acceptors (Lipinski definition) is 2. The van der Waals surface area contributed by atoms with E-state index in [2.05, 4.69) is 31.0 Å². The van der Waals surface area contributed by atoms with Gasteiger partial charge < -0.3 is 4.74 Å². The second kappa shape index (κ2) is 4.52. The van der Waals surface area contributed by atoms with Crippen molar-refractivity contribution in [2.24, 2.45) is 5.92 Å². The van der Waals surface area contributed by atoms with Gasteiger partial charge in [-0.05, 0) is 36.1 Å². The standard InChI is InChI=1S/C14H17NO/c1-10(2)7-12-9-13(16-3)8-11-5-4-6-15-14(11)12/h4-6,8-10H,7H2,1-3H3. The summed E-state index contributed by atoms with van der Waals surface area (Å²) in [5.74, 6) is 1.54. The van der Waals surface area contributed by atoms with Crippen molar-refractivity contribution in [3.8, 4) is 5.75 Å². The predicted octanol–water partition coefficient (Wildman–Crippen LogP) is 3.44. The number of nitrogens with zero attached hydrogens (tertiary/aromatic N) is 1. The average molecular weight is 215 g/mol. The molecule has 0 aliphatic rings. The largest absolute Gasteiger partial charge is 0.497 e. The summed E-state index contributed by atoms with van der Waals surface area (Å²) in [7, 11) is 1.71. The zero-order chi connectivity index (χ0) is 11.5. The molecule has 2 aromatic rings. The highest BCUT2D eigenvalue weighted by molar-refractivity contribution is 5.83. The van der Waals surface area contributed by atoms with Gasteiger partial charge in [0.2, 0.25) is 0 Å². The van der Waals surface area contributed by atoms with Crippen molar-refractivity contribution in [2.75, 3.05) is 7.11 Å². The van der Waals surface area contributed by atoms with E-state index in [4.69, 9.17) is 4.74 Å². The van der Waals surface area contributed by atoms with E-state index < -0.39 is 0 Å². The minimum Gasteiger partial charge on any atom is -0.497 e. The highest BCUT2D eigenvalue weighted by Gasteiger charge is 2.07. The summed E-state index contributed by atoms with van der Waals surface area (Å²) in [6, 6.07) is 8.16. The minimum atomic E-state index is 0.623. The van der Waals surface area contributed by atoms with Crippen molar-refractivity contribution < 1.29 is 4.74 Å². The molecule has 0 aliphatic heterocycles. The van der Waals surface area contributed by atoms with Gasteiger partial charge in [0.15, 0.2) is 0 Å². The van der Waals surface area contributed by atoms with Crippen molar-refractivity contribution in [2.45, 2.75) is 20.3 Å². The van der Waals surface area contributed by atoms with E-state index in [-0.39, 0.29) is 0 Å². The fraction of sp³-hybridized carbons (Fsp3) is 0.357. The molecule has 2 heteroatoms. The average Bonchev–Trinajstić information content (AvgIpc) is 2.28. The van der Waals surface area contributed by atoms with Crippen molar-refractivity contribution in [3.63, 3.8) is 0 Å². The molecule has 16 heavy (non-hydrogen) atoms. The van der Waals surface area contributed by atoms with Crippen LogP contribution < -0.4 is 4.74 Å². The lowest BCUT2D eigenvalue weighted by Crippen LogP contribution is -1.97. The Morgan fingerprint density at radius 2 is 2.12 bits per heavy atom. The highest BCUT2D eigenvalue weighted by Crippen LogP contribution is 2.25. The van der Waals surface area contributed by atoms with E-state index in [1.54, 1.807) is 7.11 Å². The number of hydrogen-bond donors (Lipinski definition) is 0. The van der Waals surface area contributed by atoms with E-state index in [9.17, 15) is 0 Å². The fourth-order valence-electron chi connectivity index (χ4n) is 1.95. The number of benzene rings is 1. The smallest absolute Gasteiger partial charge is 0.119 e. The van der Waals surface area contributed by atoms with Gasteiger partial charge in [-0.25, -0.2) is 0 Å². The SMILES string of the molecule is COc1cc(CC(C)C)c2ncccc2c1. The molecule has 2 nitrogen and oxygen atoms in total. The first-order valence-corrected chi connectivity index (χ1v) is 5.62. The Bertz CT molecular complexity index is 491. The first-order valence-electron chi connectivity index (χ1n) is 5.62. The van der Waals surface area contributed by atoms with Gasteiger partial charge in [0.1, 0.15) is 5.75 Å². The molecule has 0 amide bonds. The quantitative estimate of drug-likeness (QED) is 0.782. The van der Waals surface area contributed by atoms with Gasteiger partial charge >= 0.3 is 0 Å². The first-order chi connectivity index (χ1) is 7.70. The normalized spacial score (nSPS) is 11.0. The van der Waals surface area contributed by atoms with Crippen LogP contribution in [-0.2, 0) is 6.42 Å². The Hall–Kier alpha value is -1.57. The van der Waals surface area contributed by atoms with Crippen LogP contribution in [0.5, 0.6) is 5.75 Å². The summed E-state index contributed by atoms with van der Waals surface area (Å²) in [5.41, 5.74) is 2.36. The summed E-state index contributed by atoms with van der Waals surface area (Å²) in [6.07, 6.45) is 2.88. The van der Waals surface area contributed by atoms with Crippen LogP contribution in [0.1, 0.15) is 19.4 Å². The van der Waals surface area contributed by atoms with E-state index >= 15 is 0 Å². The summed E-state index contributed by atoms with van der Waals surface area (Å²) >= 11 is 0. The van der Waals surface area contributed by atoms with Crippen LogP contribution >= 0.6 is 0 Å². The van der Waals surface area contributed by atoms with Crippen molar-refractivity contribution in [1.29, 1.82) is 0 Å². The van der Waals surface area contributed by atoms with Gasteiger partial charge in [-0.15, -0.1) is 0 Å². The zero-order valence-corrected chi connectivity index (χ0v) is 10.0. The Morgan fingerprint density at radius 3 is 2.81 bits per heavy atom. The number of methoxy groups -OCH3 is 1. The van der Waals surface area contributed by atoms with Gasteiger partial charge in [-0.2, -0.15) is 0 Å². The molecule has 0 atom stereocenters. The molecule has 0 saturated heterocycles. The monoisotopic (exact) mass is 215 g/mol. The maximum absolute atomic E-state index is 5.32. The third-order valence-corrected chi connectivity index (χ3v) is 2.62. The third kappa shape index (κ3) is 2.16. The minimum absolute atomic E-state index is 0.623. The molecule has 1 aromatic heterocycles. The number of rotatable bonds is 3. The molecular weight excluding hydrogens is 198 g/mol. The second-order valence-electron chi connectivity index (χ2n) is 4.46. The maximum atomic E-state index is 5.32. The van der Waals surface area contributed by atoms with Crippen LogP contribution in [0.15, 0.2) is 30.5 Å². The molecule has 0 saturated carbocycles. The van der Waals surface area contributed by atoms with Crippen LogP contribution in [0.3, 0.4) is 0 Å². The highest BCUT2D eigenvalue weighted by atomic mass is 16.5. The molecule has 1 heterocycles. The first kappa shape index (κ1) is 10.9. The zero-order valence-electron chi connectivity index (χ0n) is 10.0. The number of pyridine rings is 1. The summed E-state index contributed by atoms with van der Waals surface area (Å²) in [4.78, 5) is 4.45. The molecule has 0 unspecified atom stereocenters. The van der Waals surface area contributed by atoms with Crippen LogP contribution in [0.25, 0.3) is 10.9 Å². The van der Waals surface area contributed by atoms with E-state index in [1.165, 1.54) is 5.56 Å². The Balaban J connectivity index is 2.59. The molecule has 0 aliphatic carbocycles. The molecule has 0 radical (unpaired) electrons. The van der Waals surface area contributed by atoms with E-state index in [1.807, 2.05) is 18.3 Å². The van der Waals surface area contributed by atoms with Gasteiger partial charge in [-0.3, -0.25) is 4.98 Å². The fourth-order valence-corrected chi connectivity index (χ4v) is 1.95. The van der Waals surface area contributed by atoms with Crippen molar-refractivity contribution >= 4 is 10.9 Å². The lowest BCUT2D eigenvalue weighted by Gasteiger charge is -2.10. The molecule has 84 valence electrons. The second-order valence-corrected chi connectivity index (χ2v) is 4.46. The van der Waals surface area contributed by atoms with Crippen LogP contribution in [0, 0.1) is 5.92 Å². The number of ether oxygens (including phenoxy) is 1. The van der Waals surface area contributed by atoms with Gasteiger partial charge in [-0.1, -0.05) is 19.9 Å². The molecule has 0 bridgehead atoms. The molecular formula is C14H17NO. The van der Waals surface area contributed by atoms with E-state index in [0.29, 0.717) is 5.92 Å². The lowest BCUT2D eigenvalue weighted by molar-refractivity contribution is 0.414. The lowest BCUT2D eigenvalue weighted by atomic mass is 10.00. The molecule has 0 N–H and O–H groups in total. The molecule has 0 spiro atoms. The van der Waals surface area contributed by atoms with Crippen molar-refractivity contribution in [3.05, 3.63) is 36.0 Å². The van der Waals surface area contributed by atoms with Gasteiger partial charge in [0.05, 0.1) is 12.6 Å². The Morgan fingerprint density at radius 1 is 1.31 bits per heavy atom. The van der Waals surface area contributed by atoms with Gasteiger partial charge in [0, 0.05) is 11.6 Å². The summed E-state index contributed by atoms with van der Waals surface area (Å²) in [5, 5.41) is 1.15. The number of aromatic nitrogens is 1. The molecule has 0 fully saturated rings. The van der Waals surface area contributed by atoms with Crippen LogP contribution in [0.4, 0.5) is 0 Å². The van der Waals surface area contributed by atoms with E-state index in [0.717, 1.165) is 23.1 Å². The molecule has 2 rings (SSSR count). The van der Waals surface area contributed by atoms with Crippen LogP contribution in [0.2, 0.25) is 0 Å². The molecule has 1 aromatic carbocycles.